The Kier molecular flexibility index (Phi) is 5.80. The van der Waals surface area contributed by atoms with Crippen LogP contribution in [0.3, 0.4) is 0 Å². The fourth-order valence-corrected chi connectivity index (χ4v) is 4.37. The van der Waals surface area contributed by atoms with E-state index in [1.54, 1.807) is 0 Å². The van der Waals surface area contributed by atoms with Crippen LogP contribution < -0.4 is 5.32 Å². The van der Waals surface area contributed by atoms with Gasteiger partial charge in [-0.05, 0) is 55.2 Å². The molecule has 2 amide bonds. The lowest BCUT2D eigenvalue weighted by molar-refractivity contribution is -0.132. The molecule has 1 saturated carbocycles. The average molecular weight is 429 g/mol. The van der Waals surface area contributed by atoms with E-state index in [9.17, 15) is 9.59 Å². The van der Waals surface area contributed by atoms with Gasteiger partial charge in [0.1, 0.15) is 11.5 Å². The zero-order valence-electron chi connectivity index (χ0n) is 18.2. The third-order valence-corrected chi connectivity index (χ3v) is 6.60. The summed E-state index contributed by atoms with van der Waals surface area (Å²) < 4.78 is 6.11. The Morgan fingerprint density at radius 2 is 1.81 bits per heavy atom. The Balaban J connectivity index is 1.20. The molecular formula is C27H28N2O3. The number of rotatable bonds is 6. The Morgan fingerprint density at radius 1 is 1.03 bits per heavy atom. The van der Waals surface area contributed by atoms with Gasteiger partial charge in [-0.15, -0.1) is 0 Å². The van der Waals surface area contributed by atoms with Crippen LogP contribution in [0.1, 0.15) is 42.6 Å². The molecule has 32 heavy (non-hydrogen) atoms. The van der Waals surface area contributed by atoms with Crippen molar-refractivity contribution in [3.63, 3.8) is 0 Å². The van der Waals surface area contributed by atoms with Crippen molar-refractivity contribution in [2.45, 2.75) is 45.1 Å². The molecule has 0 radical (unpaired) electrons. The molecule has 2 aromatic carbocycles. The minimum absolute atomic E-state index is 0.120. The standard InChI is InChI=1S/C27H28N2O3/c30-26(14-9-19-5-2-1-3-6-19)29-16-15-24-22(18-29)17-25(32-24)20-10-12-23(13-11-20)28-27(31)21-7-4-8-21/h1-3,5-6,10-13,17,21H,4,7-9,14-16,18H2,(H,28,31). The molecule has 0 unspecified atom stereocenters. The number of carbonyl (C=O) groups excluding carboxylic acids is 2. The van der Waals surface area contributed by atoms with Crippen molar-refractivity contribution in [2.24, 2.45) is 5.92 Å². The summed E-state index contributed by atoms with van der Waals surface area (Å²) in [4.78, 5) is 26.8. The molecule has 2 aliphatic rings. The number of hydrogen-bond donors (Lipinski definition) is 1. The lowest BCUT2D eigenvalue weighted by atomic mass is 9.85. The normalized spacial score (nSPS) is 15.7. The molecular weight excluding hydrogens is 400 g/mol. The Bertz CT molecular complexity index is 1100. The summed E-state index contributed by atoms with van der Waals surface area (Å²) in [7, 11) is 0. The van der Waals surface area contributed by atoms with Gasteiger partial charge in [0.15, 0.2) is 0 Å². The van der Waals surface area contributed by atoms with E-state index < -0.39 is 0 Å². The Hall–Kier alpha value is -3.34. The average Bonchev–Trinajstić information content (AvgIpc) is 3.21. The van der Waals surface area contributed by atoms with Crippen LogP contribution in [-0.4, -0.2) is 23.3 Å². The van der Waals surface area contributed by atoms with E-state index in [0.29, 0.717) is 19.5 Å². The van der Waals surface area contributed by atoms with E-state index in [0.717, 1.165) is 60.4 Å². The molecule has 2 heterocycles. The first kappa shape index (κ1) is 20.6. The Morgan fingerprint density at radius 3 is 2.53 bits per heavy atom. The molecule has 1 fully saturated rings. The second-order valence-electron chi connectivity index (χ2n) is 8.80. The van der Waals surface area contributed by atoms with Gasteiger partial charge in [0.25, 0.3) is 0 Å². The van der Waals surface area contributed by atoms with E-state index in [-0.39, 0.29) is 17.7 Å². The largest absolute Gasteiger partial charge is 0.461 e. The van der Waals surface area contributed by atoms with Gasteiger partial charge in [0.2, 0.25) is 11.8 Å². The molecule has 1 aliphatic carbocycles. The number of nitrogens with one attached hydrogen (secondary N) is 1. The number of nitrogens with zero attached hydrogens (tertiary/aromatic N) is 1. The van der Waals surface area contributed by atoms with E-state index in [1.165, 1.54) is 5.56 Å². The highest BCUT2D eigenvalue weighted by Crippen LogP contribution is 2.31. The topological polar surface area (TPSA) is 62.6 Å². The molecule has 5 rings (SSSR count). The van der Waals surface area contributed by atoms with Gasteiger partial charge in [0, 0.05) is 48.7 Å². The van der Waals surface area contributed by atoms with Gasteiger partial charge in [-0.25, -0.2) is 0 Å². The molecule has 0 atom stereocenters. The molecule has 1 aromatic heterocycles. The maximum atomic E-state index is 12.7. The lowest BCUT2D eigenvalue weighted by Crippen LogP contribution is -2.35. The first-order chi connectivity index (χ1) is 15.7. The van der Waals surface area contributed by atoms with Crippen LogP contribution in [0.25, 0.3) is 11.3 Å². The van der Waals surface area contributed by atoms with Gasteiger partial charge in [-0.2, -0.15) is 0 Å². The SMILES string of the molecule is O=C(Nc1ccc(-c2cc3c(o2)CCN(C(=O)CCc2ccccc2)C3)cc1)C1CCC1. The maximum Gasteiger partial charge on any atom is 0.227 e. The van der Waals surface area contributed by atoms with Crippen LogP contribution in [0.4, 0.5) is 5.69 Å². The maximum absolute atomic E-state index is 12.7. The fourth-order valence-electron chi connectivity index (χ4n) is 4.37. The third kappa shape index (κ3) is 4.47. The number of carbonyl (C=O) groups is 2. The second-order valence-corrected chi connectivity index (χ2v) is 8.80. The molecule has 1 aliphatic heterocycles. The van der Waals surface area contributed by atoms with E-state index in [4.69, 9.17) is 4.42 Å². The summed E-state index contributed by atoms with van der Waals surface area (Å²) in [6, 6.07) is 20.0. The summed E-state index contributed by atoms with van der Waals surface area (Å²) in [6.45, 7) is 1.29. The summed E-state index contributed by atoms with van der Waals surface area (Å²) in [5, 5.41) is 3.00. The monoisotopic (exact) mass is 428 g/mol. The number of benzene rings is 2. The van der Waals surface area contributed by atoms with Crippen LogP contribution >= 0.6 is 0 Å². The van der Waals surface area contributed by atoms with Gasteiger partial charge in [0.05, 0.1) is 0 Å². The van der Waals surface area contributed by atoms with E-state index in [2.05, 4.69) is 17.4 Å². The van der Waals surface area contributed by atoms with Gasteiger partial charge in [-0.3, -0.25) is 9.59 Å². The molecule has 5 nitrogen and oxygen atoms in total. The van der Waals surface area contributed by atoms with Gasteiger partial charge >= 0.3 is 0 Å². The van der Waals surface area contributed by atoms with Crippen LogP contribution in [0, 0.1) is 5.92 Å². The summed E-state index contributed by atoms with van der Waals surface area (Å²) in [5.41, 5.74) is 4.07. The van der Waals surface area contributed by atoms with Gasteiger partial charge in [-0.1, -0.05) is 36.8 Å². The molecule has 3 aromatic rings. The zero-order valence-corrected chi connectivity index (χ0v) is 18.2. The van der Waals surface area contributed by atoms with E-state index in [1.807, 2.05) is 53.4 Å². The van der Waals surface area contributed by atoms with Crippen LogP contribution in [0.5, 0.6) is 0 Å². The zero-order chi connectivity index (χ0) is 21.9. The second kappa shape index (κ2) is 9.03. The third-order valence-electron chi connectivity index (χ3n) is 6.60. The summed E-state index contributed by atoms with van der Waals surface area (Å²) in [6.07, 6.45) is 5.17. The van der Waals surface area contributed by atoms with Crippen molar-refractivity contribution in [2.75, 3.05) is 11.9 Å². The van der Waals surface area contributed by atoms with Crippen molar-refractivity contribution < 1.29 is 14.0 Å². The van der Waals surface area contributed by atoms with Crippen molar-refractivity contribution in [3.8, 4) is 11.3 Å². The first-order valence-corrected chi connectivity index (χ1v) is 11.5. The Labute approximate surface area is 188 Å². The minimum Gasteiger partial charge on any atom is -0.461 e. The van der Waals surface area contributed by atoms with Gasteiger partial charge < -0.3 is 14.6 Å². The number of aryl methyl sites for hydroxylation is 1. The minimum atomic E-state index is 0.120. The molecule has 164 valence electrons. The smallest absolute Gasteiger partial charge is 0.227 e. The van der Waals surface area contributed by atoms with Crippen LogP contribution in [-0.2, 0) is 29.0 Å². The fraction of sp³-hybridized carbons (Fsp3) is 0.333. The number of hydrogen-bond acceptors (Lipinski definition) is 3. The highest BCUT2D eigenvalue weighted by Gasteiger charge is 2.26. The quantitative estimate of drug-likeness (QED) is 0.587. The van der Waals surface area contributed by atoms with Crippen molar-refractivity contribution in [3.05, 3.63) is 77.6 Å². The number of fused-ring (bicyclic) bond motifs is 1. The predicted octanol–water partition coefficient (Wildman–Crippen LogP) is 5.20. The number of anilines is 1. The molecule has 1 N–H and O–H groups in total. The van der Waals surface area contributed by atoms with E-state index >= 15 is 0 Å². The van der Waals surface area contributed by atoms with Crippen molar-refractivity contribution in [1.29, 1.82) is 0 Å². The highest BCUT2D eigenvalue weighted by molar-refractivity contribution is 5.93. The highest BCUT2D eigenvalue weighted by atomic mass is 16.3. The molecule has 0 saturated heterocycles. The van der Waals surface area contributed by atoms with Crippen molar-refractivity contribution >= 4 is 17.5 Å². The van der Waals surface area contributed by atoms with Crippen LogP contribution in [0.2, 0.25) is 0 Å². The first-order valence-electron chi connectivity index (χ1n) is 11.5. The van der Waals surface area contributed by atoms with Crippen molar-refractivity contribution in [1.82, 2.24) is 4.90 Å². The predicted molar refractivity (Wildman–Crippen MR) is 124 cm³/mol. The number of furan rings is 1. The molecule has 0 spiro atoms. The summed E-state index contributed by atoms with van der Waals surface area (Å²) in [5.74, 6) is 2.26. The molecule has 0 bridgehead atoms. The number of amides is 2. The molecule has 5 heteroatoms. The van der Waals surface area contributed by atoms with Crippen LogP contribution in [0.15, 0.2) is 65.1 Å². The summed E-state index contributed by atoms with van der Waals surface area (Å²) >= 11 is 0. The lowest BCUT2D eigenvalue weighted by Gasteiger charge is -2.26.